The number of amides is 2. The molecule has 0 spiro atoms. The molecular weight excluding hydrogens is 250 g/mol. The van der Waals surface area contributed by atoms with E-state index in [2.05, 4.69) is 10.6 Å². The molecule has 0 fully saturated rings. The van der Waals surface area contributed by atoms with E-state index < -0.39 is 22.4 Å². The van der Waals surface area contributed by atoms with Gasteiger partial charge in [-0.2, -0.15) is 5.32 Å². The smallest absolute Gasteiger partial charge is 0.316 e. The van der Waals surface area contributed by atoms with Crippen LogP contribution in [0.3, 0.4) is 0 Å². The monoisotopic (exact) mass is 254 g/mol. The molecular formula is C9H5ClN3O4. The van der Waals surface area contributed by atoms with Gasteiger partial charge in [0.1, 0.15) is 5.02 Å². The van der Waals surface area contributed by atoms with Gasteiger partial charge in [-0.15, -0.1) is 0 Å². The number of benzene rings is 1. The maximum absolute atomic E-state index is 11.1. The predicted octanol–water partition coefficient (Wildman–Crippen LogP) is 1.27. The zero-order chi connectivity index (χ0) is 12.7. The van der Waals surface area contributed by atoms with Gasteiger partial charge in [-0.3, -0.25) is 19.7 Å². The van der Waals surface area contributed by atoms with Gasteiger partial charge in [0.15, 0.2) is 5.69 Å². The zero-order valence-electron chi connectivity index (χ0n) is 8.48. The first-order valence-corrected chi connectivity index (χ1v) is 4.84. The molecule has 8 heteroatoms. The van der Waals surface area contributed by atoms with Crippen LogP contribution in [0.1, 0.15) is 5.56 Å². The summed E-state index contributed by atoms with van der Waals surface area (Å²) in [5, 5.41) is 16.4. The van der Waals surface area contributed by atoms with Crippen LogP contribution in [0.15, 0.2) is 6.07 Å². The van der Waals surface area contributed by atoms with E-state index >= 15 is 0 Å². The van der Waals surface area contributed by atoms with Crippen molar-refractivity contribution in [2.75, 3.05) is 5.32 Å². The molecule has 0 atom stereocenters. The molecule has 1 radical (unpaired) electrons. The van der Waals surface area contributed by atoms with Crippen LogP contribution >= 0.6 is 11.6 Å². The van der Waals surface area contributed by atoms with E-state index in [1.165, 1.54) is 6.07 Å². The first-order valence-electron chi connectivity index (χ1n) is 4.46. The second-order valence-corrected chi connectivity index (χ2v) is 3.76. The lowest BCUT2D eigenvalue weighted by atomic mass is 10.1. The number of hydrogen-bond acceptors (Lipinski definition) is 4. The Bertz CT molecular complexity index is 570. The van der Waals surface area contributed by atoms with Crippen molar-refractivity contribution in [3.8, 4) is 0 Å². The van der Waals surface area contributed by atoms with Crippen molar-refractivity contribution in [1.29, 1.82) is 0 Å². The van der Waals surface area contributed by atoms with Crippen LogP contribution in [-0.2, 0) is 9.59 Å². The number of rotatable bonds is 1. The van der Waals surface area contributed by atoms with Crippen molar-refractivity contribution in [3.63, 3.8) is 0 Å². The first kappa shape index (κ1) is 11.3. The molecule has 1 aliphatic heterocycles. The molecule has 1 N–H and O–H groups in total. The molecule has 87 valence electrons. The fourth-order valence-electron chi connectivity index (χ4n) is 1.47. The number of carbonyl (C=O) groups is 2. The minimum absolute atomic E-state index is 0.0959. The Morgan fingerprint density at radius 2 is 2.12 bits per heavy atom. The van der Waals surface area contributed by atoms with Crippen molar-refractivity contribution in [2.45, 2.75) is 6.92 Å². The Morgan fingerprint density at radius 1 is 1.47 bits per heavy atom. The number of nitro benzene ring substituents is 1. The number of aryl methyl sites for hydroxylation is 1. The van der Waals surface area contributed by atoms with Gasteiger partial charge in [0.05, 0.1) is 10.6 Å². The fraction of sp³-hybridized carbons (Fsp3) is 0.111. The van der Waals surface area contributed by atoms with Gasteiger partial charge >= 0.3 is 17.5 Å². The summed E-state index contributed by atoms with van der Waals surface area (Å²) >= 11 is 5.78. The Kier molecular flexibility index (Phi) is 2.47. The fourth-order valence-corrected chi connectivity index (χ4v) is 1.68. The van der Waals surface area contributed by atoms with E-state index in [1.807, 2.05) is 0 Å². The molecule has 0 unspecified atom stereocenters. The van der Waals surface area contributed by atoms with Gasteiger partial charge in [0.25, 0.3) is 0 Å². The second-order valence-electron chi connectivity index (χ2n) is 3.38. The maximum atomic E-state index is 11.1. The van der Waals surface area contributed by atoms with Crippen molar-refractivity contribution in [3.05, 3.63) is 26.8 Å². The summed E-state index contributed by atoms with van der Waals surface area (Å²) in [5.41, 5.74) is -0.157. The highest BCUT2D eigenvalue weighted by Gasteiger charge is 2.33. The van der Waals surface area contributed by atoms with Crippen LogP contribution in [0.2, 0.25) is 5.02 Å². The molecule has 2 amide bonds. The summed E-state index contributed by atoms with van der Waals surface area (Å²) in [6, 6.07) is 1.43. The van der Waals surface area contributed by atoms with Crippen LogP contribution in [-0.4, -0.2) is 16.7 Å². The molecule has 0 saturated heterocycles. The third-order valence-corrected chi connectivity index (χ3v) is 2.71. The lowest BCUT2D eigenvalue weighted by molar-refractivity contribution is -0.384. The molecule has 0 saturated carbocycles. The highest BCUT2D eigenvalue weighted by Crippen LogP contribution is 2.42. The molecule has 0 bridgehead atoms. The number of hydrogen-bond donors (Lipinski definition) is 1. The third-order valence-electron chi connectivity index (χ3n) is 2.23. The average Bonchev–Trinajstić information content (AvgIpc) is 2.23. The SMILES string of the molecule is Cc1cc2c(c([N+](=O)[O-])c1Cl)[N]C(=O)C(=O)N2. The van der Waals surface area contributed by atoms with Gasteiger partial charge in [-0.1, -0.05) is 11.6 Å². The average molecular weight is 255 g/mol. The van der Waals surface area contributed by atoms with E-state index in [4.69, 9.17) is 11.6 Å². The van der Waals surface area contributed by atoms with Gasteiger partial charge in [0, 0.05) is 0 Å². The number of nitrogens with one attached hydrogen (secondary N) is 1. The van der Waals surface area contributed by atoms with Crippen molar-refractivity contribution < 1.29 is 14.5 Å². The zero-order valence-corrected chi connectivity index (χ0v) is 9.24. The lowest BCUT2D eigenvalue weighted by Crippen LogP contribution is -2.33. The first-order chi connectivity index (χ1) is 7.91. The predicted molar refractivity (Wildman–Crippen MR) is 58.3 cm³/mol. The molecule has 1 aromatic carbocycles. The number of halogens is 1. The molecule has 2 rings (SSSR count). The second kappa shape index (κ2) is 3.70. The summed E-state index contributed by atoms with van der Waals surface area (Å²) in [4.78, 5) is 32.3. The van der Waals surface area contributed by atoms with Gasteiger partial charge in [0.2, 0.25) is 0 Å². The molecule has 1 heterocycles. The largest absolute Gasteiger partial charge is 0.336 e. The van der Waals surface area contributed by atoms with Crippen molar-refractivity contribution in [1.82, 2.24) is 5.32 Å². The number of nitrogens with zero attached hydrogens (tertiary/aromatic N) is 2. The van der Waals surface area contributed by atoms with E-state index in [0.717, 1.165) is 0 Å². The topological polar surface area (TPSA) is 103 Å². The lowest BCUT2D eigenvalue weighted by Gasteiger charge is -2.16. The van der Waals surface area contributed by atoms with Crippen LogP contribution < -0.4 is 10.6 Å². The summed E-state index contributed by atoms with van der Waals surface area (Å²) < 4.78 is 0. The Hall–Kier alpha value is -2.15. The Balaban J connectivity index is 2.72. The van der Waals surface area contributed by atoms with E-state index in [1.54, 1.807) is 6.92 Å². The number of fused-ring (bicyclic) bond motifs is 1. The molecule has 0 aromatic heterocycles. The van der Waals surface area contributed by atoms with Crippen molar-refractivity contribution >= 4 is 40.5 Å². The van der Waals surface area contributed by atoms with E-state index in [0.29, 0.717) is 5.56 Å². The van der Waals surface area contributed by atoms with Crippen LogP contribution in [0.4, 0.5) is 17.1 Å². The highest BCUT2D eigenvalue weighted by atomic mass is 35.5. The minimum atomic E-state index is -1.08. The standard InChI is InChI=1S/C9H5ClN3O4/c1-3-2-4-6(7(5(3)10)13(16)17)12-9(15)8(14)11-4/h2H,1H3,(H,11,14). The summed E-state index contributed by atoms with van der Waals surface area (Å²) in [6.07, 6.45) is 0. The Morgan fingerprint density at radius 3 is 2.71 bits per heavy atom. The Labute approximate surface area is 99.9 Å². The van der Waals surface area contributed by atoms with Crippen molar-refractivity contribution in [2.24, 2.45) is 0 Å². The molecule has 17 heavy (non-hydrogen) atoms. The van der Waals surface area contributed by atoms with Crippen LogP contribution in [0, 0.1) is 17.0 Å². The van der Waals surface area contributed by atoms with Gasteiger partial charge in [-0.05, 0) is 18.6 Å². The number of carbonyl (C=O) groups excluding carboxylic acids is 2. The number of anilines is 1. The molecule has 1 aliphatic rings. The third kappa shape index (κ3) is 1.70. The van der Waals surface area contributed by atoms with Crippen LogP contribution in [0.5, 0.6) is 0 Å². The van der Waals surface area contributed by atoms with Gasteiger partial charge < -0.3 is 5.32 Å². The van der Waals surface area contributed by atoms with E-state index in [9.17, 15) is 19.7 Å². The quantitative estimate of drug-likeness (QED) is 0.463. The summed E-state index contributed by atoms with van der Waals surface area (Å²) in [6.45, 7) is 1.55. The maximum Gasteiger partial charge on any atom is 0.336 e. The normalized spacial score (nSPS) is 13.8. The molecule has 1 aromatic rings. The van der Waals surface area contributed by atoms with Crippen LogP contribution in [0.25, 0.3) is 0 Å². The summed E-state index contributed by atoms with van der Waals surface area (Å²) in [7, 11) is 0. The molecule has 0 aliphatic carbocycles. The molecule has 7 nitrogen and oxygen atoms in total. The number of nitro groups is 1. The minimum Gasteiger partial charge on any atom is -0.316 e. The van der Waals surface area contributed by atoms with Gasteiger partial charge in [-0.25, -0.2) is 0 Å². The highest BCUT2D eigenvalue weighted by molar-refractivity contribution is 6.43. The summed E-state index contributed by atoms with van der Waals surface area (Å²) in [5.74, 6) is -2.01. The van der Waals surface area contributed by atoms with E-state index in [-0.39, 0.29) is 16.4 Å².